The lowest BCUT2D eigenvalue weighted by molar-refractivity contribution is -0.130. The SMILES string of the molecule is COc1ccc(C[C@H](N)C(=O)N(C)C(=O)OC(C)(C)C)cc1. The average molecular weight is 308 g/mol. The minimum absolute atomic E-state index is 0.329. The summed E-state index contributed by atoms with van der Waals surface area (Å²) in [5, 5.41) is 0. The highest BCUT2D eigenvalue weighted by atomic mass is 16.6. The lowest BCUT2D eigenvalue weighted by Crippen LogP contribution is -2.47. The lowest BCUT2D eigenvalue weighted by atomic mass is 10.1. The molecule has 0 aliphatic rings. The summed E-state index contributed by atoms with van der Waals surface area (Å²) in [4.78, 5) is 24.9. The van der Waals surface area contributed by atoms with E-state index in [9.17, 15) is 9.59 Å². The van der Waals surface area contributed by atoms with Crippen LogP contribution in [0.1, 0.15) is 26.3 Å². The van der Waals surface area contributed by atoms with Gasteiger partial charge in [0.25, 0.3) is 0 Å². The maximum atomic E-state index is 12.2. The van der Waals surface area contributed by atoms with Crippen LogP contribution in [0.25, 0.3) is 0 Å². The Kier molecular flexibility index (Phi) is 5.93. The maximum absolute atomic E-state index is 12.2. The Morgan fingerprint density at radius 3 is 2.23 bits per heavy atom. The smallest absolute Gasteiger partial charge is 0.416 e. The summed E-state index contributed by atoms with van der Waals surface area (Å²) in [5.41, 5.74) is 6.12. The first-order valence-electron chi connectivity index (χ1n) is 7.03. The number of carbonyl (C=O) groups is 2. The van der Waals surface area contributed by atoms with Crippen molar-refractivity contribution in [3.8, 4) is 5.75 Å². The monoisotopic (exact) mass is 308 g/mol. The molecule has 0 radical (unpaired) electrons. The fraction of sp³-hybridized carbons (Fsp3) is 0.500. The van der Waals surface area contributed by atoms with Crippen molar-refractivity contribution in [2.45, 2.75) is 38.8 Å². The number of hydrogen-bond donors (Lipinski definition) is 1. The van der Waals surface area contributed by atoms with E-state index in [1.54, 1.807) is 40.0 Å². The summed E-state index contributed by atoms with van der Waals surface area (Å²) in [6.07, 6.45) is -0.377. The largest absolute Gasteiger partial charge is 0.497 e. The zero-order chi connectivity index (χ0) is 16.9. The lowest BCUT2D eigenvalue weighted by Gasteiger charge is -2.25. The molecule has 6 nitrogen and oxygen atoms in total. The summed E-state index contributed by atoms with van der Waals surface area (Å²) in [7, 11) is 2.95. The van der Waals surface area contributed by atoms with Gasteiger partial charge in [-0.15, -0.1) is 0 Å². The van der Waals surface area contributed by atoms with Crippen molar-refractivity contribution in [2.75, 3.05) is 14.2 Å². The first-order valence-corrected chi connectivity index (χ1v) is 7.03. The van der Waals surface area contributed by atoms with Gasteiger partial charge in [-0.25, -0.2) is 9.69 Å². The van der Waals surface area contributed by atoms with Crippen LogP contribution < -0.4 is 10.5 Å². The number of benzene rings is 1. The van der Waals surface area contributed by atoms with Crippen LogP contribution in [0.5, 0.6) is 5.75 Å². The molecule has 1 aromatic carbocycles. The number of methoxy groups -OCH3 is 1. The predicted molar refractivity (Wildman–Crippen MR) is 83.7 cm³/mol. The fourth-order valence-corrected chi connectivity index (χ4v) is 1.77. The standard InChI is InChI=1S/C16H24N2O4/c1-16(2,3)22-15(20)18(4)14(19)13(17)10-11-6-8-12(21-5)9-7-11/h6-9,13H,10,17H2,1-5H3/t13-/m0/s1. The number of likely N-dealkylation sites (N-methyl/N-ethyl adjacent to an activating group) is 1. The Hall–Kier alpha value is -2.08. The van der Waals surface area contributed by atoms with Gasteiger partial charge in [0.1, 0.15) is 11.4 Å². The first kappa shape index (κ1) is 18.0. The van der Waals surface area contributed by atoms with Crippen LogP contribution in [0.3, 0.4) is 0 Å². The number of nitrogens with zero attached hydrogens (tertiary/aromatic N) is 1. The van der Waals surface area contributed by atoms with Crippen molar-refractivity contribution in [2.24, 2.45) is 5.73 Å². The summed E-state index contributed by atoms with van der Waals surface area (Å²) >= 11 is 0. The fourth-order valence-electron chi connectivity index (χ4n) is 1.77. The molecule has 122 valence electrons. The number of nitrogens with two attached hydrogens (primary N) is 1. The summed E-state index contributed by atoms with van der Waals surface area (Å²) in [5.74, 6) is 0.250. The molecule has 0 aliphatic heterocycles. The molecule has 6 heteroatoms. The average Bonchev–Trinajstić information content (AvgIpc) is 2.44. The Morgan fingerprint density at radius 1 is 1.23 bits per heavy atom. The second-order valence-corrected chi connectivity index (χ2v) is 6.04. The molecule has 1 rings (SSSR count). The van der Waals surface area contributed by atoms with Gasteiger partial charge in [-0.05, 0) is 44.9 Å². The Labute approximate surface area is 131 Å². The summed E-state index contributed by atoms with van der Waals surface area (Å²) < 4.78 is 10.2. The molecule has 0 saturated heterocycles. The van der Waals surface area contributed by atoms with Gasteiger partial charge in [0.05, 0.1) is 13.2 Å². The Morgan fingerprint density at radius 2 is 1.77 bits per heavy atom. The number of ether oxygens (including phenoxy) is 2. The minimum Gasteiger partial charge on any atom is -0.497 e. The molecule has 0 bridgehead atoms. The van der Waals surface area contributed by atoms with Gasteiger partial charge in [-0.2, -0.15) is 0 Å². The molecule has 0 aliphatic carbocycles. The Balaban J connectivity index is 2.65. The predicted octanol–water partition coefficient (Wildman–Crippen LogP) is 1.96. The van der Waals surface area contributed by atoms with Crippen molar-refractivity contribution >= 4 is 12.0 Å². The third-order valence-corrected chi connectivity index (χ3v) is 2.93. The molecular formula is C16H24N2O4. The van der Waals surface area contributed by atoms with Gasteiger partial charge in [0, 0.05) is 7.05 Å². The second kappa shape index (κ2) is 7.26. The minimum atomic E-state index is -0.814. The van der Waals surface area contributed by atoms with E-state index in [-0.39, 0.29) is 0 Å². The van der Waals surface area contributed by atoms with E-state index < -0.39 is 23.6 Å². The maximum Gasteiger partial charge on any atom is 0.416 e. The zero-order valence-electron chi connectivity index (χ0n) is 13.8. The first-order chi connectivity index (χ1) is 10.1. The Bertz CT molecular complexity index is 520. The van der Waals surface area contributed by atoms with Crippen LogP contribution in [0.15, 0.2) is 24.3 Å². The molecule has 0 aromatic heterocycles. The van der Waals surface area contributed by atoms with E-state index in [1.165, 1.54) is 7.05 Å². The van der Waals surface area contributed by atoms with Crippen LogP contribution in [0.4, 0.5) is 4.79 Å². The highest BCUT2D eigenvalue weighted by Crippen LogP contribution is 2.14. The van der Waals surface area contributed by atoms with Gasteiger partial charge in [-0.3, -0.25) is 4.79 Å². The van der Waals surface area contributed by atoms with Crippen LogP contribution >= 0.6 is 0 Å². The highest BCUT2D eigenvalue weighted by molar-refractivity contribution is 5.94. The molecule has 22 heavy (non-hydrogen) atoms. The molecule has 0 heterocycles. The number of hydrogen-bond acceptors (Lipinski definition) is 5. The topological polar surface area (TPSA) is 81.9 Å². The van der Waals surface area contributed by atoms with E-state index in [0.717, 1.165) is 16.2 Å². The second-order valence-electron chi connectivity index (χ2n) is 6.04. The van der Waals surface area contributed by atoms with E-state index in [0.29, 0.717) is 6.42 Å². The van der Waals surface area contributed by atoms with Gasteiger partial charge >= 0.3 is 6.09 Å². The van der Waals surface area contributed by atoms with Crippen LogP contribution in [-0.4, -0.2) is 42.7 Å². The van der Waals surface area contributed by atoms with Gasteiger partial charge in [-0.1, -0.05) is 12.1 Å². The number of carbonyl (C=O) groups excluding carboxylic acids is 2. The van der Waals surface area contributed by atoms with Crippen LogP contribution in [0, 0.1) is 0 Å². The quantitative estimate of drug-likeness (QED) is 0.919. The third kappa shape index (κ3) is 5.37. The molecule has 0 saturated carbocycles. The van der Waals surface area contributed by atoms with Gasteiger partial charge in [0.15, 0.2) is 0 Å². The van der Waals surface area contributed by atoms with E-state index in [1.807, 2.05) is 12.1 Å². The molecule has 1 atom stereocenters. The van der Waals surface area contributed by atoms with Crippen LogP contribution in [0.2, 0.25) is 0 Å². The summed E-state index contributed by atoms with van der Waals surface area (Å²) in [6.45, 7) is 5.21. The van der Waals surface area contributed by atoms with E-state index >= 15 is 0 Å². The molecular weight excluding hydrogens is 284 g/mol. The molecule has 0 spiro atoms. The molecule has 2 amide bonds. The number of rotatable bonds is 4. The number of amides is 2. The van der Waals surface area contributed by atoms with E-state index in [2.05, 4.69) is 0 Å². The van der Waals surface area contributed by atoms with Crippen molar-refractivity contribution in [1.29, 1.82) is 0 Å². The van der Waals surface area contributed by atoms with Crippen molar-refractivity contribution in [1.82, 2.24) is 4.90 Å². The van der Waals surface area contributed by atoms with Gasteiger partial charge < -0.3 is 15.2 Å². The molecule has 0 unspecified atom stereocenters. The number of imide groups is 1. The molecule has 1 aromatic rings. The normalized spacial score (nSPS) is 12.5. The van der Waals surface area contributed by atoms with Crippen LogP contribution in [-0.2, 0) is 16.0 Å². The zero-order valence-corrected chi connectivity index (χ0v) is 13.8. The van der Waals surface area contributed by atoms with Gasteiger partial charge in [0.2, 0.25) is 5.91 Å². The van der Waals surface area contributed by atoms with Crippen molar-refractivity contribution in [3.63, 3.8) is 0 Å². The molecule has 2 N–H and O–H groups in total. The summed E-state index contributed by atoms with van der Waals surface area (Å²) in [6, 6.07) is 6.44. The highest BCUT2D eigenvalue weighted by Gasteiger charge is 2.27. The van der Waals surface area contributed by atoms with Crippen molar-refractivity contribution in [3.05, 3.63) is 29.8 Å². The molecule has 0 fully saturated rings. The van der Waals surface area contributed by atoms with E-state index in [4.69, 9.17) is 15.2 Å². The van der Waals surface area contributed by atoms with Crippen molar-refractivity contribution < 1.29 is 19.1 Å². The third-order valence-electron chi connectivity index (χ3n) is 2.93.